The molecule has 0 saturated heterocycles. The second-order valence-corrected chi connectivity index (χ2v) is 3.97. The van der Waals surface area contributed by atoms with Crippen LogP contribution in [0.2, 0.25) is 0 Å². The maximum Gasteiger partial charge on any atom is 0.303 e. The predicted octanol–water partition coefficient (Wildman–Crippen LogP) is 3.99. The van der Waals surface area contributed by atoms with Crippen molar-refractivity contribution in [3.05, 3.63) is 0 Å². The topological polar surface area (TPSA) is 37.3 Å². The maximum absolute atomic E-state index is 10.2. The third kappa shape index (κ3) is 17.0. The Morgan fingerprint density at radius 1 is 0.867 bits per heavy atom. The first-order chi connectivity index (χ1) is 6.77. The van der Waals surface area contributed by atoms with Crippen LogP contribution in [0, 0.1) is 0 Å². The van der Waals surface area contributed by atoms with Crippen molar-refractivity contribution in [3.63, 3.8) is 0 Å². The Bertz CT molecular complexity index is 138. The molecule has 0 aromatic rings. The van der Waals surface area contributed by atoms with Crippen LogP contribution in [0.4, 0.5) is 0 Å². The summed E-state index contributed by atoms with van der Waals surface area (Å²) >= 11 is 0. The quantitative estimate of drug-likeness (QED) is 0.591. The predicted molar refractivity (Wildman–Crippen MR) is 59.5 cm³/mol. The van der Waals surface area contributed by atoms with Gasteiger partial charge in [0.25, 0.3) is 0 Å². The molecular formula is C12H24O2Sc. The van der Waals surface area contributed by atoms with Gasteiger partial charge in [0.2, 0.25) is 0 Å². The Kier molecular flexibility index (Phi) is 16.9. The molecule has 0 spiro atoms. The Balaban J connectivity index is 0. The van der Waals surface area contributed by atoms with Gasteiger partial charge in [-0.25, -0.2) is 0 Å². The molecule has 0 aliphatic rings. The molecule has 1 radical (unpaired) electrons. The van der Waals surface area contributed by atoms with E-state index in [2.05, 4.69) is 6.92 Å². The Labute approximate surface area is 113 Å². The van der Waals surface area contributed by atoms with Crippen molar-refractivity contribution >= 4 is 5.97 Å². The number of unbranched alkanes of at least 4 members (excludes halogenated alkanes) is 8. The molecule has 0 fully saturated rings. The van der Waals surface area contributed by atoms with Gasteiger partial charge in [0.05, 0.1) is 0 Å². The van der Waals surface area contributed by atoms with E-state index in [0.29, 0.717) is 6.42 Å². The van der Waals surface area contributed by atoms with Crippen LogP contribution in [-0.4, -0.2) is 11.1 Å². The fraction of sp³-hybridized carbons (Fsp3) is 0.917. The Morgan fingerprint density at radius 2 is 1.27 bits per heavy atom. The van der Waals surface area contributed by atoms with Gasteiger partial charge in [0, 0.05) is 32.3 Å². The van der Waals surface area contributed by atoms with Crippen LogP contribution < -0.4 is 0 Å². The van der Waals surface area contributed by atoms with Gasteiger partial charge in [0.15, 0.2) is 0 Å². The molecule has 3 heteroatoms. The van der Waals surface area contributed by atoms with Crippen molar-refractivity contribution in [2.24, 2.45) is 0 Å². The van der Waals surface area contributed by atoms with Crippen LogP contribution in [0.5, 0.6) is 0 Å². The fourth-order valence-corrected chi connectivity index (χ4v) is 1.59. The smallest absolute Gasteiger partial charge is 0.303 e. The Morgan fingerprint density at radius 3 is 1.67 bits per heavy atom. The fourth-order valence-electron chi connectivity index (χ4n) is 1.59. The van der Waals surface area contributed by atoms with Crippen molar-refractivity contribution in [2.45, 2.75) is 71.1 Å². The minimum absolute atomic E-state index is 0. The zero-order valence-corrected chi connectivity index (χ0v) is 11.8. The van der Waals surface area contributed by atoms with Crippen LogP contribution in [0.15, 0.2) is 0 Å². The third-order valence-corrected chi connectivity index (χ3v) is 2.49. The number of aliphatic carboxylic acids is 1. The van der Waals surface area contributed by atoms with E-state index >= 15 is 0 Å². The molecule has 0 aliphatic heterocycles. The van der Waals surface area contributed by atoms with E-state index < -0.39 is 5.97 Å². The summed E-state index contributed by atoms with van der Waals surface area (Å²) in [6.07, 6.45) is 11.5. The Hall–Kier alpha value is 0.340. The van der Waals surface area contributed by atoms with E-state index in [-0.39, 0.29) is 25.8 Å². The van der Waals surface area contributed by atoms with E-state index in [9.17, 15) is 4.79 Å². The van der Waals surface area contributed by atoms with Gasteiger partial charge in [-0.05, 0) is 6.42 Å². The number of hydrogen-bond acceptors (Lipinski definition) is 1. The largest absolute Gasteiger partial charge is 0.481 e. The zero-order chi connectivity index (χ0) is 10.6. The summed E-state index contributed by atoms with van der Waals surface area (Å²) < 4.78 is 0. The number of carboxylic acids is 1. The zero-order valence-electron chi connectivity index (χ0n) is 10.0. The normalized spacial score (nSPS) is 9.67. The van der Waals surface area contributed by atoms with Gasteiger partial charge in [0.1, 0.15) is 0 Å². The first kappa shape index (κ1) is 17.7. The summed E-state index contributed by atoms with van der Waals surface area (Å²) in [5, 5.41) is 8.41. The third-order valence-electron chi connectivity index (χ3n) is 2.49. The van der Waals surface area contributed by atoms with E-state index in [1.165, 1.54) is 44.9 Å². The van der Waals surface area contributed by atoms with Crippen molar-refractivity contribution in [1.82, 2.24) is 0 Å². The minimum Gasteiger partial charge on any atom is -0.481 e. The molecule has 0 saturated carbocycles. The molecular weight excluding hydrogens is 221 g/mol. The molecule has 0 aliphatic carbocycles. The van der Waals surface area contributed by atoms with Gasteiger partial charge in [-0.2, -0.15) is 0 Å². The van der Waals surface area contributed by atoms with Gasteiger partial charge in [-0.15, -0.1) is 0 Å². The van der Waals surface area contributed by atoms with Crippen LogP contribution in [0.3, 0.4) is 0 Å². The summed E-state index contributed by atoms with van der Waals surface area (Å²) in [7, 11) is 0. The van der Waals surface area contributed by atoms with Gasteiger partial charge >= 0.3 is 5.97 Å². The molecule has 0 rings (SSSR count). The average Bonchev–Trinajstić information content (AvgIpc) is 2.15. The SMILES string of the molecule is CCCCCCCCCCCC(=O)O.[Sc]. The molecule has 0 bridgehead atoms. The van der Waals surface area contributed by atoms with Crippen molar-refractivity contribution in [2.75, 3.05) is 0 Å². The summed E-state index contributed by atoms with van der Waals surface area (Å²) in [6, 6.07) is 0. The molecule has 2 nitrogen and oxygen atoms in total. The molecule has 0 unspecified atom stereocenters. The number of carboxylic acid groups (broad SMARTS) is 1. The van der Waals surface area contributed by atoms with E-state index in [1.807, 2.05) is 0 Å². The molecule has 0 aromatic carbocycles. The molecule has 1 N–H and O–H groups in total. The summed E-state index contributed by atoms with van der Waals surface area (Å²) in [6.45, 7) is 2.23. The second kappa shape index (κ2) is 14.3. The molecule has 0 aromatic heterocycles. The van der Waals surface area contributed by atoms with E-state index in [1.54, 1.807) is 0 Å². The molecule has 0 heterocycles. The van der Waals surface area contributed by atoms with Crippen molar-refractivity contribution in [1.29, 1.82) is 0 Å². The van der Waals surface area contributed by atoms with Crippen LogP contribution >= 0.6 is 0 Å². The first-order valence-corrected chi connectivity index (χ1v) is 5.99. The molecule has 0 amide bonds. The maximum atomic E-state index is 10.2. The summed E-state index contributed by atoms with van der Waals surface area (Å²) in [5.41, 5.74) is 0. The average molecular weight is 245 g/mol. The van der Waals surface area contributed by atoms with Gasteiger partial charge in [-0.1, -0.05) is 58.3 Å². The van der Waals surface area contributed by atoms with Crippen LogP contribution in [-0.2, 0) is 30.6 Å². The number of carbonyl (C=O) groups is 1. The van der Waals surface area contributed by atoms with E-state index in [4.69, 9.17) is 5.11 Å². The van der Waals surface area contributed by atoms with Gasteiger partial charge in [-0.3, -0.25) is 4.79 Å². The van der Waals surface area contributed by atoms with Crippen molar-refractivity contribution < 1.29 is 35.7 Å². The van der Waals surface area contributed by atoms with Crippen LogP contribution in [0.1, 0.15) is 71.1 Å². The number of hydrogen-bond donors (Lipinski definition) is 1. The molecule has 87 valence electrons. The standard InChI is InChI=1S/C12H24O2.Sc/c1-2-3-4-5-6-7-8-9-10-11-12(13)14;/h2-11H2,1H3,(H,13,14);. The number of rotatable bonds is 10. The monoisotopic (exact) mass is 245 g/mol. The summed E-state index contributed by atoms with van der Waals surface area (Å²) in [4.78, 5) is 10.2. The molecule has 15 heavy (non-hydrogen) atoms. The summed E-state index contributed by atoms with van der Waals surface area (Å²) in [5.74, 6) is -0.659. The van der Waals surface area contributed by atoms with Crippen LogP contribution in [0.25, 0.3) is 0 Å². The minimum atomic E-state index is -0.659. The second-order valence-electron chi connectivity index (χ2n) is 3.97. The van der Waals surface area contributed by atoms with Crippen molar-refractivity contribution in [3.8, 4) is 0 Å². The molecule has 0 atom stereocenters. The first-order valence-electron chi connectivity index (χ1n) is 5.99. The van der Waals surface area contributed by atoms with E-state index in [0.717, 1.165) is 12.8 Å². The van der Waals surface area contributed by atoms with Gasteiger partial charge < -0.3 is 5.11 Å².